The molecule has 2 rings (SSSR count). The summed E-state index contributed by atoms with van der Waals surface area (Å²) < 4.78 is 31.4. The molecule has 1 aromatic rings. The molecule has 2 N–H and O–H groups in total. The van der Waals surface area contributed by atoms with E-state index in [0.717, 1.165) is 25.7 Å². The number of halogens is 1. The van der Waals surface area contributed by atoms with E-state index >= 15 is 0 Å². The summed E-state index contributed by atoms with van der Waals surface area (Å²) in [7, 11) is 0.344. The van der Waals surface area contributed by atoms with Crippen LogP contribution in [-0.4, -0.2) is 22.7 Å². The highest BCUT2D eigenvalue weighted by atomic mass is 32.2. The summed E-state index contributed by atoms with van der Waals surface area (Å²) in [6.07, 6.45) is 3.70. The topological polar surface area (TPSA) is 52.3 Å². The van der Waals surface area contributed by atoms with Gasteiger partial charge in [0.05, 0.1) is 21.8 Å². The van der Waals surface area contributed by atoms with E-state index in [1.807, 2.05) is 0 Å². The molecule has 1 aliphatic carbocycles. The molecule has 1 fully saturated rings. The molecule has 0 saturated heterocycles. The van der Waals surface area contributed by atoms with E-state index in [2.05, 4.69) is 0 Å². The van der Waals surface area contributed by atoms with Crippen molar-refractivity contribution in [3.8, 4) is 0 Å². The number of nitrogen functional groups attached to an aromatic ring is 1. The molecular formula is C13H18FNO2S. The molecule has 1 aliphatic rings. The first-order chi connectivity index (χ1) is 8.61. The molecule has 0 spiro atoms. The Morgan fingerprint density at radius 1 is 1.44 bits per heavy atom. The summed E-state index contributed by atoms with van der Waals surface area (Å²) in [5, 5.41) is -0.0261. The summed E-state index contributed by atoms with van der Waals surface area (Å²) >= 11 is 0. The largest absolute Gasteiger partial charge is 0.399 e. The average Bonchev–Trinajstić information content (AvgIpc) is 2.38. The van der Waals surface area contributed by atoms with Crippen molar-refractivity contribution in [3.63, 3.8) is 0 Å². The third-order valence-electron chi connectivity index (χ3n) is 3.39. The van der Waals surface area contributed by atoms with Crippen LogP contribution in [0.1, 0.15) is 25.7 Å². The molecule has 0 radical (unpaired) electrons. The molecule has 0 heterocycles. The van der Waals surface area contributed by atoms with E-state index < -0.39 is 16.6 Å². The minimum Gasteiger partial charge on any atom is -0.399 e. The van der Waals surface area contributed by atoms with Crippen LogP contribution in [0.5, 0.6) is 0 Å². The Labute approximate surface area is 109 Å². The first-order valence-electron chi connectivity index (χ1n) is 6.10. The predicted molar refractivity (Wildman–Crippen MR) is 70.3 cm³/mol. The Kier molecular flexibility index (Phi) is 4.35. The number of ether oxygens (including phenoxy) is 1. The molecule has 3 nitrogen and oxygen atoms in total. The van der Waals surface area contributed by atoms with Gasteiger partial charge in [-0.1, -0.05) is 0 Å². The summed E-state index contributed by atoms with van der Waals surface area (Å²) in [5.41, 5.74) is 5.84. The Bertz CT molecular complexity index is 453. The van der Waals surface area contributed by atoms with Crippen LogP contribution in [0.3, 0.4) is 0 Å². The molecular weight excluding hydrogens is 253 g/mol. The van der Waals surface area contributed by atoms with E-state index in [0.29, 0.717) is 5.69 Å². The predicted octanol–water partition coefficient (Wildman–Crippen LogP) is 2.47. The van der Waals surface area contributed by atoms with Crippen LogP contribution in [0.15, 0.2) is 23.1 Å². The van der Waals surface area contributed by atoms with Crippen LogP contribution in [0.25, 0.3) is 0 Å². The Morgan fingerprint density at radius 3 is 2.89 bits per heavy atom. The normalized spacial score (nSPS) is 25.9. The number of hydrogen-bond acceptors (Lipinski definition) is 3. The minimum atomic E-state index is -1.32. The van der Waals surface area contributed by atoms with Crippen molar-refractivity contribution in [3.05, 3.63) is 24.0 Å². The summed E-state index contributed by atoms with van der Waals surface area (Å²) in [6, 6.07) is 4.34. The zero-order valence-electron chi connectivity index (χ0n) is 10.4. The van der Waals surface area contributed by atoms with Crippen LogP contribution in [0.4, 0.5) is 10.1 Å². The molecule has 1 saturated carbocycles. The molecule has 0 aliphatic heterocycles. The molecule has 0 bridgehead atoms. The lowest BCUT2D eigenvalue weighted by Gasteiger charge is -2.27. The zero-order chi connectivity index (χ0) is 13.1. The molecule has 5 heteroatoms. The highest BCUT2D eigenvalue weighted by Crippen LogP contribution is 2.29. The van der Waals surface area contributed by atoms with Crippen molar-refractivity contribution in [1.29, 1.82) is 0 Å². The van der Waals surface area contributed by atoms with E-state index in [1.165, 1.54) is 12.1 Å². The van der Waals surface area contributed by atoms with Crippen molar-refractivity contribution in [1.82, 2.24) is 0 Å². The van der Waals surface area contributed by atoms with Crippen LogP contribution in [-0.2, 0) is 15.5 Å². The number of anilines is 1. The number of benzene rings is 1. The highest BCUT2D eigenvalue weighted by Gasteiger charge is 2.28. The van der Waals surface area contributed by atoms with Gasteiger partial charge in [0, 0.05) is 18.0 Å². The molecule has 3 unspecified atom stereocenters. The van der Waals surface area contributed by atoms with Gasteiger partial charge in [-0.15, -0.1) is 0 Å². The van der Waals surface area contributed by atoms with Crippen molar-refractivity contribution in [2.45, 2.75) is 41.9 Å². The van der Waals surface area contributed by atoms with E-state index in [4.69, 9.17) is 10.5 Å². The van der Waals surface area contributed by atoms with Gasteiger partial charge in [0.15, 0.2) is 0 Å². The molecule has 1 aromatic carbocycles. The maximum Gasteiger partial charge on any atom is 0.141 e. The number of nitrogens with two attached hydrogens (primary N) is 1. The van der Waals surface area contributed by atoms with Gasteiger partial charge in [-0.2, -0.15) is 0 Å². The molecule has 18 heavy (non-hydrogen) atoms. The van der Waals surface area contributed by atoms with E-state index in [-0.39, 0.29) is 16.2 Å². The zero-order valence-corrected chi connectivity index (χ0v) is 11.2. The maximum atomic E-state index is 13.7. The minimum absolute atomic E-state index is 0.0261. The summed E-state index contributed by atoms with van der Waals surface area (Å²) in [6.45, 7) is 0. The number of methoxy groups -OCH3 is 1. The van der Waals surface area contributed by atoms with Crippen LogP contribution in [0, 0.1) is 5.82 Å². The van der Waals surface area contributed by atoms with Gasteiger partial charge in [-0.25, -0.2) is 4.39 Å². The third-order valence-corrected chi connectivity index (χ3v) is 5.18. The summed E-state index contributed by atoms with van der Waals surface area (Å²) in [5.74, 6) is -0.479. The Hall–Kier alpha value is -0.940. The average molecular weight is 271 g/mol. The molecule has 0 aromatic heterocycles. The van der Waals surface area contributed by atoms with E-state index in [1.54, 1.807) is 13.2 Å². The second kappa shape index (κ2) is 5.80. The van der Waals surface area contributed by atoms with Gasteiger partial charge < -0.3 is 10.5 Å². The van der Waals surface area contributed by atoms with Gasteiger partial charge in [-0.05, 0) is 43.9 Å². The lowest BCUT2D eigenvalue weighted by atomic mass is 9.97. The monoisotopic (exact) mass is 271 g/mol. The van der Waals surface area contributed by atoms with Crippen molar-refractivity contribution in [2.75, 3.05) is 12.8 Å². The Balaban J connectivity index is 2.15. The molecule has 100 valence electrons. The Morgan fingerprint density at radius 2 is 2.22 bits per heavy atom. The third kappa shape index (κ3) is 2.90. The van der Waals surface area contributed by atoms with E-state index in [9.17, 15) is 8.60 Å². The summed E-state index contributed by atoms with van der Waals surface area (Å²) in [4.78, 5) is 0.256. The van der Waals surface area contributed by atoms with Gasteiger partial charge >= 0.3 is 0 Å². The smallest absolute Gasteiger partial charge is 0.141 e. The van der Waals surface area contributed by atoms with Crippen LogP contribution >= 0.6 is 0 Å². The fourth-order valence-corrected chi connectivity index (χ4v) is 3.95. The molecule has 0 amide bonds. The van der Waals surface area contributed by atoms with Crippen molar-refractivity contribution >= 4 is 16.5 Å². The lowest BCUT2D eigenvalue weighted by molar-refractivity contribution is 0.0725. The molecule has 3 atom stereocenters. The highest BCUT2D eigenvalue weighted by molar-refractivity contribution is 7.85. The fourth-order valence-electron chi connectivity index (χ4n) is 2.37. The van der Waals surface area contributed by atoms with Gasteiger partial charge in [-0.3, -0.25) is 4.21 Å². The maximum absolute atomic E-state index is 13.7. The number of hydrogen-bond donors (Lipinski definition) is 1. The lowest BCUT2D eigenvalue weighted by Crippen LogP contribution is -2.29. The fraction of sp³-hybridized carbons (Fsp3) is 0.538. The van der Waals surface area contributed by atoms with Gasteiger partial charge in [0.25, 0.3) is 0 Å². The standard InChI is InChI=1S/C13H18FNO2S/c1-17-10-3-2-4-11(8-10)18(16)13-6-5-9(15)7-12(13)14/h5-7,10-11H,2-4,8,15H2,1H3. The van der Waals surface area contributed by atoms with Gasteiger partial charge in [0.2, 0.25) is 0 Å². The quantitative estimate of drug-likeness (QED) is 0.859. The second-order valence-corrected chi connectivity index (χ2v) is 6.33. The second-order valence-electron chi connectivity index (χ2n) is 4.63. The van der Waals surface area contributed by atoms with Crippen molar-refractivity contribution in [2.24, 2.45) is 0 Å². The SMILES string of the molecule is COC1CCCC(S(=O)c2ccc(N)cc2F)C1. The van der Waals surface area contributed by atoms with Crippen LogP contribution < -0.4 is 5.73 Å². The van der Waals surface area contributed by atoms with Crippen molar-refractivity contribution < 1.29 is 13.3 Å². The number of rotatable bonds is 3. The first kappa shape index (κ1) is 13.5. The van der Waals surface area contributed by atoms with Crippen LogP contribution in [0.2, 0.25) is 0 Å². The van der Waals surface area contributed by atoms with Gasteiger partial charge in [0.1, 0.15) is 5.82 Å². The first-order valence-corrected chi connectivity index (χ1v) is 7.31.